The Kier molecular flexibility index (Phi) is 5.03. The summed E-state index contributed by atoms with van der Waals surface area (Å²) >= 11 is 5.33. The summed E-state index contributed by atoms with van der Waals surface area (Å²) in [6.07, 6.45) is -8.33. The monoisotopic (exact) mass is 359 g/mol. The molecule has 0 atom stereocenters. The maximum atomic E-state index is 12.6. The molecule has 0 fully saturated rings. The molecule has 0 saturated carbocycles. The Bertz CT molecular complexity index is 605. The van der Waals surface area contributed by atoms with Crippen LogP contribution in [0.5, 0.6) is 5.75 Å². The van der Waals surface area contributed by atoms with E-state index >= 15 is 0 Å². The zero-order chi connectivity index (χ0) is 15.7. The second kappa shape index (κ2) is 5.86. The van der Waals surface area contributed by atoms with Crippen molar-refractivity contribution in [3.63, 3.8) is 0 Å². The van der Waals surface area contributed by atoms with Crippen LogP contribution >= 0.6 is 22.3 Å². The van der Waals surface area contributed by atoms with Crippen molar-refractivity contribution in [2.24, 2.45) is 0 Å². The third-order valence-corrected chi connectivity index (χ3v) is 3.59. The Morgan fingerprint density at radius 3 is 2.25 bits per heavy atom. The Balaban J connectivity index is 3.70. The van der Waals surface area contributed by atoms with Crippen LogP contribution in [-0.2, 0) is 14.9 Å². The average Bonchev–Trinajstić information content (AvgIpc) is 2.23. The first kappa shape index (κ1) is 17.2. The summed E-state index contributed by atoms with van der Waals surface area (Å²) in [7, 11) is 0.132. The van der Waals surface area contributed by atoms with Crippen molar-refractivity contribution in [3.05, 3.63) is 17.5 Å². The van der Waals surface area contributed by atoms with Gasteiger partial charge >= 0.3 is 6.36 Å². The van der Waals surface area contributed by atoms with Crippen molar-refractivity contribution in [1.29, 1.82) is 0 Å². The number of alkyl halides is 6. The van der Waals surface area contributed by atoms with E-state index in [1.165, 1.54) is 0 Å². The van der Waals surface area contributed by atoms with Gasteiger partial charge in [-0.15, -0.1) is 24.8 Å². The summed E-state index contributed by atoms with van der Waals surface area (Å²) < 4.78 is 87.8. The van der Waals surface area contributed by atoms with Gasteiger partial charge in [-0.1, -0.05) is 0 Å². The molecular formula is C8H4Cl2F5NO3S. The molecule has 0 amide bonds. The first-order valence-corrected chi connectivity index (χ1v) is 7.38. The van der Waals surface area contributed by atoms with Crippen molar-refractivity contribution in [2.75, 3.05) is 0 Å². The molecule has 12 heteroatoms. The zero-order valence-corrected chi connectivity index (χ0v) is 11.4. The SMILES string of the molecule is O=S(=O)(Cl)c1c(CCl)cnc(C(F)F)c1OC(F)(F)F. The Morgan fingerprint density at radius 2 is 1.90 bits per heavy atom. The minimum absolute atomic E-state index is 0.495. The number of hydrogen-bond acceptors (Lipinski definition) is 4. The first-order valence-electron chi connectivity index (χ1n) is 4.53. The minimum atomic E-state index is -5.41. The summed E-state index contributed by atoms with van der Waals surface area (Å²) in [4.78, 5) is 1.74. The maximum Gasteiger partial charge on any atom is 0.573 e. The van der Waals surface area contributed by atoms with Gasteiger partial charge in [-0.3, -0.25) is 4.98 Å². The molecule has 114 valence electrons. The summed E-state index contributed by atoms with van der Waals surface area (Å²) in [5.74, 6) is -2.30. The molecule has 1 aromatic rings. The average molecular weight is 360 g/mol. The molecule has 0 saturated heterocycles. The van der Waals surface area contributed by atoms with E-state index in [0.717, 1.165) is 0 Å². The Hall–Kier alpha value is -0.870. The highest BCUT2D eigenvalue weighted by atomic mass is 35.7. The number of aromatic nitrogens is 1. The normalized spacial score (nSPS) is 12.8. The number of halogens is 7. The number of nitrogens with zero attached hydrogens (tertiary/aromatic N) is 1. The van der Waals surface area contributed by atoms with Crippen LogP contribution in [0.1, 0.15) is 17.7 Å². The fraction of sp³-hybridized carbons (Fsp3) is 0.375. The minimum Gasteiger partial charge on any atom is -0.402 e. The van der Waals surface area contributed by atoms with Crippen LogP contribution in [0.15, 0.2) is 11.1 Å². The van der Waals surface area contributed by atoms with Crippen LogP contribution in [0.3, 0.4) is 0 Å². The summed E-state index contributed by atoms with van der Waals surface area (Å²) in [6.45, 7) is 0. The molecule has 0 N–H and O–H groups in total. The van der Waals surface area contributed by atoms with E-state index in [0.29, 0.717) is 6.20 Å². The number of pyridine rings is 1. The fourth-order valence-electron chi connectivity index (χ4n) is 1.26. The molecule has 1 aromatic heterocycles. The van der Waals surface area contributed by atoms with Crippen LogP contribution < -0.4 is 4.74 Å². The fourth-order valence-corrected chi connectivity index (χ4v) is 2.85. The van der Waals surface area contributed by atoms with Gasteiger partial charge in [0.15, 0.2) is 5.75 Å². The second-order valence-corrected chi connectivity index (χ2v) is 6.02. The van der Waals surface area contributed by atoms with Gasteiger partial charge in [0.25, 0.3) is 15.5 Å². The first-order chi connectivity index (χ1) is 8.97. The third-order valence-electron chi connectivity index (χ3n) is 1.90. The molecule has 0 radical (unpaired) electrons. The van der Waals surface area contributed by atoms with E-state index in [4.69, 9.17) is 22.3 Å². The standard InChI is InChI=1S/C8H4Cl2F5NO3S/c9-1-3-2-16-4(7(11)12)5(19-8(13,14)15)6(3)20(10,17)18/h2,7H,1H2. The summed E-state index contributed by atoms with van der Waals surface area (Å²) in [5.41, 5.74) is -2.00. The van der Waals surface area contributed by atoms with Gasteiger partial charge in [0.2, 0.25) is 0 Å². The van der Waals surface area contributed by atoms with Crippen LogP contribution in [0.25, 0.3) is 0 Å². The predicted octanol–water partition coefficient (Wildman–Crippen LogP) is 3.58. The van der Waals surface area contributed by atoms with E-state index < -0.39 is 49.6 Å². The lowest BCUT2D eigenvalue weighted by Crippen LogP contribution is -2.21. The van der Waals surface area contributed by atoms with Gasteiger partial charge in [0.05, 0.1) is 5.88 Å². The molecule has 1 heterocycles. The smallest absolute Gasteiger partial charge is 0.402 e. The van der Waals surface area contributed by atoms with E-state index in [9.17, 15) is 30.4 Å². The van der Waals surface area contributed by atoms with Crippen molar-refractivity contribution < 1.29 is 35.1 Å². The van der Waals surface area contributed by atoms with Gasteiger partial charge in [-0.05, 0) is 0 Å². The number of rotatable bonds is 4. The zero-order valence-electron chi connectivity index (χ0n) is 9.09. The van der Waals surface area contributed by atoms with Crippen LogP contribution in [0.4, 0.5) is 22.0 Å². The van der Waals surface area contributed by atoms with Crippen LogP contribution in [-0.4, -0.2) is 19.8 Å². The lowest BCUT2D eigenvalue weighted by atomic mass is 10.2. The number of ether oxygens (including phenoxy) is 1. The largest absolute Gasteiger partial charge is 0.573 e. The topological polar surface area (TPSA) is 56.3 Å². The molecule has 0 aromatic carbocycles. The molecule has 1 rings (SSSR count). The molecular weight excluding hydrogens is 356 g/mol. The lowest BCUT2D eigenvalue weighted by Gasteiger charge is -2.16. The predicted molar refractivity (Wildman–Crippen MR) is 58.5 cm³/mol. The summed E-state index contributed by atoms with van der Waals surface area (Å²) in [5, 5.41) is 0. The molecule has 20 heavy (non-hydrogen) atoms. The van der Waals surface area contributed by atoms with E-state index in [2.05, 4.69) is 9.72 Å². The van der Waals surface area contributed by atoms with Gasteiger partial charge in [0, 0.05) is 22.4 Å². The Labute approximate surface area is 118 Å². The molecule has 4 nitrogen and oxygen atoms in total. The van der Waals surface area contributed by atoms with Crippen LogP contribution in [0, 0.1) is 0 Å². The van der Waals surface area contributed by atoms with Gasteiger partial charge in [-0.2, -0.15) is 0 Å². The lowest BCUT2D eigenvalue weighted by molar-refractivity contribution is -0.276. The number of hydrogen-bond donors (Lipinski definition) is 0. The molecule has 0 aliphatic heterocycles. The highest BCUT2D eigenvalue weighted by Gasteiger charge is 2.38. The third kappa shape index (κ3) is 4.06. The van der Waals surface area contributed by atoms with Crippen LogP contribution in [0.2, 0.25) is 0 Å². The molecule has 0 aliphatic carbocycles. The van der Waals surface area contributed by atoms with E-state index in [1.807, 2.05) is 0 Å². The van der Waals surface area contributed by atoms with Gasteiger partial charge in [0.1, 0.15) is 10.6 Å². The molecule has 0 spiro atoms. The van der Waals surface area contributed by atoms with Gasteiger partial charge < -0.3 is 4.74 Å². The van der Waals surface area contributed by atoms with E-state index in [1.54, 1.807) is 0 Å². The van der Waals surface area contributed by atoms with Crippen molar-refractivity contribution in [3.8, 4) is 5.75 Å². The van der Waals surface area contributed by atoms with Crippen molar-refractivity contribution in [2.45, 2.75) is 23.6 Å². The second-order valence-electron chi connectivity index (χ2n) is 3.25. The van der Waals surface area contributed by atoms with Gasteiger partial charge in [-0.25, -0.2) is 17.2 Å². The highest BCUT2D eigenvalue weighted by Crippen LogP contribution is 2.40. The molecule has 0 bridgehead atoms. The van der Waals surface area contributed by atoms with Crippen molar-refractivity contribution in [1.82, 2.24) is 4.98 Å². The summed E-state index contributed by atoms with van der Waals surface area (Å²) in [6, 6.07) is 0. The molecule has 0 unspecified atom stereocenters. The highest BCUT2D eigenvalue weighted by molar-refractivity contribution is 8.13. The van der Waals surface area contributed by atoms with E-state index in [-0.39, 0.29) is 0 Å². The molecule has 0 aliphatic rings. The van der Waals surface area contributed by atoms with Crippen molar-refractivity contribution >= 4 is 31.3 Å². The Morgan fingerprint density at radius 1 is 1.35 bits per heavy atom. The quantitative estimate of drug-likeness (QED) is 0.468. The maximum absolute atomic E-state index is 12.6.